The number of carbonyl (C=O) groups is 2. The Morgan fingerprint density at radius 2 is 1.50 bits per heavy atom. The highest BCUT2D eigenvalue weighted by Gasteiger charge is 2.49. The number of benzene rings is 2. The molecule has 0 radical (unpaired) electrons. The Kier molecular flexibility index (Phi) is 8.42. The van der Waals surface area contributed by atoms with Gasteiger partial charge in [-0.3, -0.25) is 14.5 Å². The van der Waals surface area contributed by atoms with Crippen LogP contribution in [0, 0.1) is 23.4 Å². The number of hydrogen-bond acceptors (Lipinski definition) is 5. The summed E-state index contributed by atoms with van der Waals surface area (Å²) in [4.78, 5) is 26.4. The van der Waals surface area contributed by atoms with Crippen LogP contribution in [0.3, 0.4) is 0 Å². The molecular weight excluding hydrogens is 591 g/mol. The number of hydrogen-bond donors (Lipinski definition) is 1. The summed E-state index contributed by atoms with van der Waals surface area (Å²) in [6.45, 7) is 5.06. The summed E-state index contributed by atoms with van der Waals surface area (Å²) in [6.07, 6.45) is 1.94. The van der Waals surface area contributed by atoms with Gasteiger partial charge in [-0.25, -0.2) is 30.5 Å². The number of amides is 2. The molecule has 0 spiro atoms. The molecule has 3 aliphatic heterocycles. The third-order valence-corrected chi connectivity index (χ3v) is 12.0. The van der Waals surface area contributed by atoms with Crippen molar-refractivity contribution in [1.29, 1.82) is 0 Å². The summed E-state index contributed by atoms with van der Waals surface area (Å²) in [5, 5.41) is 0. The number of halogens is 3. The first-order valence-electron chi connectivity index (χ1n) is 13.9. The van der Waals surface area contributed by atoms with Gasteiger partial charge in [0.15, 0.2) is 11.6 Å². The van der Waals surface area contributed by atoms with Gasteiger partial charge in [-0.2, -0.15) is 4.31 Å². The minimum absolute atomic E-state index is 0.0541. The van der Waals surface area contributed by atoms with Gasteiger partial charge < -0.3 is 0 Å². The van der Waals surface area contributed by atoms with Crippen LogP contribution in [0.1, 0.15) is 72.7 Å². The molecule has 4 atom stereocenters. The fraction of sp³-hybridized carbons (Fsp3) is 0.517. The van der Waals surface area contributed by atoms with Gasteiger partial charge in [0.05, 0.1) is 32.6 Å². The van der Waals surface area contributed by atoms with E-state index in [1.807, 2.05) is 0 Å². The predicted octanol–water partition coefficient (Wildman–Crippen LogP) is 3.94. The number of nitrogens with zero attached hydrogens (tertiary/aromatic N) is 2. The van der Waals surface area contributed by atoms with Crippen molar-refractivity contribution in [2.24, 2.45) is 5.92 Å². The van der Waals surface area contributed by atoms with Crippen LogP contribution in [0.5, 0.6) is 0 Å². The van der Waals surface area contributed by atoms with Crippen LogP contribution in [0.15, 0.2) is 36.4 Å². The number of nitrogens with one attached hydrogen (secondary N) is 1. The van der Waals surface area contributed by atoms with Crippen LogP contribution in [0.4, 0.5) is 13.2 Å². The van der Waals surface area contributed by atoms with Gasteiger partial charge >= 0.3 is 0 Å². The van der Waals surface area contributed by atoms with Crippen molar-refractivity contribution >= 4 is 32.8 Å². The quantitative estimate of drug-likeness (QED) is 0.336. The SMILES string of the molecule is CC(C)(C)[S@](=O)N[C@H](Cc1cc(F)c(F)cc1F)C1CC2CCC(C1)N2S(=O)(=O)CCN1C(=O)c2ccccc2C1=O. The molecule has 1 N–H and O–H groups in total. The van der Waals surface area contributed by atoms with Gasteiger partial charge in [0.2, 0.25) is 10.0 Å². The van der Waals surface area contributed by atoms with E-state index in [4.69, 9.17) is 0 Å². The molecule has 8 nitrogen and oxygen atoms in total. The van der Waals surface area contributed by atoms with Crippen molar-refractivity contribution in [3.63, 3.8) is 0 Å². The number of piperidine rings is 1. The second-order valence-electron chi connectivity index (χ2n) is 12.2. The van der Waals surface area contributed by atoms with E-state index in [-0.39, 0.29) is 47.7 Å². The molecule has 3 aliphatic rings. The van der Waals surface area contributed by atoms with E-state index >= 15 is 0 Å². The summed E-state index contributed by atoms with van der Waals surface area (Å²) in [5.41, 5.74) is 0.453. The highest BCUT2D eigenvalue weighted by Crippen LogP contribution is 2.42. The maximum Gasteiger partial charge on any atom is 0.261 e. The van der Waals surface area contributed by atoms with Crippen molar-refractivity contribution in [2.75, 3.05) is 12.3 Å². The number of carbonyl (C=O) groups excluding carboxylic acids is 2. The van der Waals surface area contributed by atoms with Gasteiger partial charge in [-0.15, -0.1) is 0 Å². The highest BCUT2D eigenvalue weighted by molar-refractivity contribution is 7.89. The Morgan fingerprint density at radius 1 is 0.952 bits per heavy atom. The first-order chi connectivity index (χ1) is 19.7. The Bertz CT molecular complexity index is 1500. The van der Waals surface area contributed by atoms with Gasteiger partial charge in [-0.05, 0) is 82.6 Å². The fourth-order valence-corrected chi connectivity index (χ4v) is 9.11. The van der Waals surface area contributed by atoms with E-state index in [1.165, 1.54) is 4.31 Å². The monoisotopic (exact) mass is 625 g/mol. The number of fused-ring (bicyclic) bond motifs is 3. The van der Waals surface area contributed by atoms with Gasteiger partial charge in [-0.1, -0.05) is 12.1 Å². The third-order valence-electron chi connectivity index (χ3n) is 8.39. The van der Waals surface area contributed by atoms with Crippen LogP contribution >= 0.6 is 0 Å². The van der Waals surface area contributed by atoms with E-state index in [0.29, 0.717) is 31.7 Å². The molecule has 2 fully saturated rings. The lowest BCUT2D eigenvalue weighted by molar-refractivity contribution is 0.0663. The summed E-state index contributed by atoms with van der Waals surface area (Å²) >= 11 is 0. The van der Waals surface area contributed by atoms with Crippen LogP contribution in [0.2, 0.25) is 0 Å². The first-order valence-corrected chi connectivity index (χ1v) is 16.7. The summed E-state index contributed by atoms with van der Waals surface area (Å²) in [7, 11) is -5.41. The Balaban J connectivity index is 1.32. The average molecular weight is 626 g/mol. The molecule has 2 unspecified atom stereocenters. The zero-order valence-electron chi connectivity index (χ0n) is 23.6. The van der Waals surface area contributed by atoms with Gasteiger partial charge in [0.25, 0.3) is 11.8 Å². The van der Waals surface area contributed by atoms with Crippen LogP contribution in [-0.2, 0) is 27.4 Å². The number of sulfonamides is 1. The molecule has 2 aromatic rings. The van der Waals surface area contributed by atoms with Crippen molar-refractivity contribution in [1.82, 2.24) is 13.9 Å². The van der Waals surface area contributed by atoms with Crippen LogP contribution < -0.4 is 4.72 Å². The molecule has 2 bridgehead atoms. The molecule has 0 saturated carbocycles. The number of rotatable bonds is 9. The van der Waals surface area contributed by atoms with Crippen LogP contribution in [0.25, 0.3) is 0 Å². The summed E-state index contributed by atoms with van der Waals surface area (Å²) in [5.74, 6) is -5.04. The molecule has 0 aliphatic carbocycles. The molecule has 5 rings (SSSR count). The second-order valence-corrected chi connectivity index (χ2v) is 16.2. The molecule has 228 valence electrons. The second kappa shape index (κ2) is 11.5. The van der Waals surface area contributed by atoms with Crippen molar-refractivity contribution in [3.05, 3.63) is 70.5 Å². The molecule has 42 heavy (non-hydrogen) atoms. The minimum atomic E-state index is -3.86. The van der Waals surface area contributed by atoms with E-state index in [9.17, 15) is 35.4 Å². The zero-order valence-corrected chi connectivity index (χ0v) is 25.2. The van der Waals surface area contributed by atoms with Crippen molar-refractivity contribution in [2.45, 2.75) is 75.7 Å². The minimum Gasteiger partial charge on any atom is -0.273 e. The maximum absolute atomic E-state index is 14.6. The topological polar surface area (TPSA) is 104 Å². The fourth-order valence-electron chi connectivity index (χ4n) is 6.29. The predicted molar refractivity (Wildman–Crippen MR) is 152 cm³/mol. The molecule has 13 heteroatoms. The Hall–Kier alpha value is -2.61. The zero-order chi connectivity index (χ0) is 30.6. The smallest absolute Gasteiger partial charge is 0.261 e. The Labute approximate surface area is 246 Å². The van der Waals surface area contributed by atoms with Gasteiger partial charge in [0.1, 0.15) is 5.82 Å². The van der Waals surface area contributed by atoms with E-state index in [0.717, 1.165) is 11.0 Å². The van der Waals surface area contributed by atoms with Gasteiger partial charge in [0, 0.05) is 30.7 Å². The van der Waals surface area contributed by atoms with E-state index in [1.54, 1.807) is 45.0 Å². The lowest BCUT2D eigenvalue weighted by Crippen LogP contribution is -2.53. The Morgan fingerprint density at radius 3 is 2.05 bits per heavy atom. The molecule has 3 heterocycles. The van der Waals surface area contributed by atoms with E-state index in [2.05, 4.69) is 4.72 Å². The average Bonchev–Trinajstić information content (AvgIpc) is 3.34. The van der Waals surface area contributed by atoms with Crippen molar-refractivity contribution < 1.29 is 35.4 Å². The lowest BCUT2D eigenvalue weighted by Gasteiger charge is -2.41. The largest absolute Gasteiger partial charge is 0.273 e. The number of imide groups is 1. The molecule has 2 saturated heterocycles. The standard InChI is InChI=1S/C29H34F3N3O5S2/c1-29(2,3)41(38)33-26(15-17-14-24(31)25(32)16-23(17)30)18-12-19-8-9-20(13-18)35(19)42(39,40)11-10-34-27(36)21-6-4-5-7-22(21)28(34)37/h4-7,14,16,18-20,26,33H,8-13,15H2,1-3H3/t18?,19?,20?,26-,41+/m1/s1. The van der Waals surface area contributed by atoms with E-state index < -0.39 is 66.8 Å². The lowest BCUT2D eigenvalue weighted by atomic mass is 9.83. The molecule has 0 aromatic heterocycles. The summed E-state index contributed by atoms with van der Waals surface area (Å²) in [6, 6.07) is 6.35. The molecule has 2 amide bonds. The third kappa shape index (κ3) is 5.93. The van der Waals surface area contributed by atoms with Crippen LogP contribution in [-0.4, -0.2) is 68.8 Å². The first kappa shape index (κ1) is 30.8. The normalized spacial score (nSPS) is 24.2. The maximum atomic E-state index is 14.6. The molecule has 2 aromatic carbocycles. The highest BCUT2D eigenvalue weighted by atomic mass is 32.2. The molecular formula is C29H34F3N3O5S2. The summed E-state index contributed by atoms with van der Waals surface area (Å²) < 4.78 is 86.3. The van der Waals surface area contributed by atoms with Crippen molar-refractivity contribution in [3.8, 4) is 0 Å².